The van der Waals surface area contributed by atoms with Gasteiger partial charge in [0.2, 0.25) is 5.79 Å². The van der Waals surface area contributed by atoms with Crippen LogP contribution in [0.5, 0.6) is 0 Å². The Kier molecular flexibility index (Phi) is 7.56. The van der Waals surface area contributed by atoms with Crippen LogP contribution in [0.1, 0.15) is 48.8 Å². The number of alkyl halides is 1. The number of unbranched alkanes of at least 4 members (excludes halogenated alkanes) is 2. The molecule has 1 saturated heterocycles. The second-order valence-electron chi connectivity index (χ2n) is 5.41. The average molecular weight is 358 g/mol. The van der Waals surface area contributed by atoms with E-state index in [0.717, 1.165) is 16.6 Å². The summed E-state index contributed by atoms with van der Waals surface area (Å²) in [5.74, 6) is 0.990. The number of hydrogen-bond donors (Lipinski definition) is 0. The maximum Gasteiger partial charge on any atom is 0.201 e. The fourth-order valence-corrected chi connectivity index (χ4v) is 3.45. The van der Waals surface area contributed by atoms with Crippen LogP contribution >= 0.6 is 22.9 Å². The Hall–Kier alpha value is -0.880. The quantitative estimate of drug-likeness (QED) is 0.541. The lowest BCUT2D eigenvalue weighted by Crippen LogP contribution is -2.20. The third-order valence-corrected chi connectivity index (χ3v) is 5.03. The Morgan fingerprint density at radius 1 is 1.26 bits per heavy atom. The molecule has 0 saturated carbocycles. The van der Waals surface area contributed by atoms with Crippen LogP contribution in [-0.2, 0) is 21.7 Å². The maximum atomic E-state index is 5.62. The Balaban J connectivity index is 0.000000277. The summed E-state index contributed by atoms with van der Waals surface area (Å²) >= 11 is 7.06. The molecule has 0 unspecified atom stereocenters. The van der Waals surface area contributed by atoms with Crippen molar-refractivity contribution in [1.82, 2.24) is 4.98 Å². The smallest absolute Gasteiger partial charge is 0.201 e. The highest BCUT2D eigenvalue weighted by Crippen LogP contribution is 2.35. The number of hydrogen-bond acceptors (Lipinski definition) is 5. The molecule has 0 bridgehead atoms. The highest BCUT2D eigenvalue weighted by molar-refractivity contribution is 7.12. The van der Waals surface area contributed by atoms with Crippen LogP contribution in [0.4, 0.5) is 0 Å². The van der Waals surface area contributed by atoms with Crippen molar-refractivity contribution in [3.8, 4) is 0 Å². The van der Waals surface area contributed by atoms with Gasteiger partial charge in [-0.15, -0.1) is 22.9 Å². The molecule has 6 heteroatoms. The number of thiophene rings is 1. The van der Waals surface area contributed by atoms with Gasteiger partial charge in [0.1, 0.15) is 6.26 Å². The summed E-state index contributed by atoms with van der Waals surface area (Å²) in [6.45, 7) is 5.44. The maximum absolute atomic E-state index is 5.62. The standard InChI is InChI=1S/C12H13NO3S.C5H11Cl/c1-12(15-6-7-16-12)10-3-2-9(17-10)8-11-13-4-5-14-11;1-2-3-4-5-6/h2-5H,6-8H2,1H3;2-5H2,1H3. The fourth-order valence-electron chi connectivity index (χ4n) is 2.21. The summed E-state index contributed by atoms with van der Waals surface area (Å²) in [7, 11) is 0. The zero-order chi connectivity index (χ0) is 16.5. The van der Waals surface area contributed by atoms with Crippen LogP contribution in [0.3, 0.4) is 0 Å². The van der Waals surface area contributed by atoms with E-state index in [1.165, 1.54) is 24.1 Å². The van der Waals surface area contributed by atoms with Crippen LogP contribution < -0.4 is 0 Å². The minimum absolute atomic E-state index is 0.570. The lowest BCUT2D eigenvalue weighted by molar-refractivity contribution is -0.146. The molecule has 1 aliphatic rings. The molecule has 0 amide bonds. The first-order valence-electron chi connectivity index (χ1n) is 7.99. The highest BCUT2D eigenvalue weighted by Gasteiger charge is 2.34. The van der Waals surface area contributed by atoms with E-state index < -0.39 is 5.79 Å². The number of oxazole rings is 1. The average Bonchev–Trinajstić information content (AvgIpc) is 3.29. The number of nitrogens with zero attached hydrogens (tertiary/aromatic N) is 1. The molecule has 3 rings (SSSR count). The van der Waals surface area contributed by atoms with Gasteiger partial charge in [0.25, 0.3) is 0 Å². The van der Waals surface area contributed by atoms with Gasteiger partial charge in [0, 0.05) is 10.8 Å². The normalized spacial score (nSPS) is 16.1. The van der Waals surface area contributed by atoms with E-state index in [2.05, 4.69) is 18.0 Å². The van der Waals surface area contributed by atoms with Crippen LogP contribution in [0.15, 0.2) is 29.0 Å². The van der Waals surface area contributed by atoms with Crippen LogP contribution in [-0.4, -0.2) is 24.1 Å². The van der Waals surface area contributed by atoms with E-state index in [0.29, 0.717) is 19.6 Å². The fraction of sp³-hybridized carbons (Fsp3) is 0.588. The minimum Gasteiger partial charge on any atom is -0.449 e. The largest absolute Gasteiger partial charge is 0.449 e. The topological polar surface area (TPSA) is 44.5 Å². The number of aromatic nitrogens is 1. The summed E-state index contributed by atoms with van der Waals surface area (Å²) in [5.41, 5.74) is 0. The van der Waals surface area contributed by atoms with E-state index in [-0.39, 0.29) is 0 Å². The predicted molar refractivity (Wildman–Crippen MR) is 93.1 cm³/mol. The van der Waals surface area contributed by atoms with Crippen molar-refractivity contribution in [3.05, 3.63) is 40.2 Å². The molecule has 0 aliphatic carbocycles. The van der Waals surface area contributed by atoms with Gasteiger partial charge in [-0.25, -0.2) is 4.98 Å². The van der Waals surface area contributed by atoms with Crippen molar-refractivity contribution >= 4 is 22.9 Å². The Morgan fingerprint density at radius 2 is 2.04 bits per heavy atom. The predicted octanol–water partition coefficient (Wildman–Crippen LogP) is 4.96. The molecule has 1 fully saturated rings. The summed E-state index contributed by atoms with van der Waals surface area (Å²) in [5, 5.41) is 0. The molecule has 0 atom stereocenters. The lowest BCUT2D eigenvalue weighted by Gasteiger charge is -2.20. The van der Waals surface area contributed by atoms with Crippen LogP contribution in [0.25, 0.3) is 0 Å². The SMILES string of the molecule is CC1(c2ccc(Cc3ncco3)s2)OCCO1.CCCCCCl. The second kappa shape index (κ2) is 9.42. The number of halogens is 1. The van der Waals surface area contributed by atoms with Crippen LogP contribution in [0, 0.1) is 0 Å². The summed E-state index contributed by atoms with van der Waals surface area (Å²) in [6.07, 6.45) is 7.70. The minimum atomic E-state index is -0.570. The van der Waals surface area contributed by atoms with Crippen molar-refractivity contribution in [3.63, 3.8) is 0 Å². The summed E-state index contributed by atoms with van der Waals surface area (Å²) < 4.78 is 16.5. The first-order valence-corrected chi connectivity index (χ1v) is 9.34. The van der Waals surface area contributed by atoms with Gasteiger partial charge in [0.15, 0.2) is 5.89 Å². The van der Waals surface area contributed by atoms with Gasteiger partial charge < -0.3 is 13.9 Å². The van der Waals surface area contributed by atoms with E-state index in [1.807, 2.05) is 13.0 Å². The van der Waals surface area contributed by atoms with E-state index in [1.54, 1.807) is 23.8 Å². The molecular formula is C17H24ClNO3S. The third-order valence-electron chi connectivity index (χ3n) is 3.49. The lowest BCUT2D eigenvalue weighted by atomic mass is 10.2. The molecule has 2 aromatic rings. The Labute approximate surface area is 146 Å². The van der Waals surface area contributed by atoms with Crippen molar-refractivity contribution in [1.29, 1.82) is 0 Å². The van der Waals surface area contributed by atoms with Crippen molar-refractivity contribution in [2.45, 2.75) is 45.3 Å². The first kappa shape index (κ1) is 18.5. The van der Waals surface area contributed by atoms with Crippen molar-refractivity contribution in [2.75, 3.05) is 19.1 Å². The van der Waals surface area contributed by atoms with E-state index in [9.17, 15) is 0 Å². The Morgan fingerprint density at radius 3 is 2.61 bits per heavy atom. The molecule has 0 spiro atoms. The molecule has 3 heterocycles. The monoisotopic (exact) mass is 357 g/mol. The zero-order valence-electron chi connectivity index (χ0n) is 13.7. The Bertz CT molecular complexity index is 546. The van der Waals surface area contributed by atoms with Crippen molar-refractivity contribution < 1.29 is 13.9 Å². The molecular weight excluding hydrogens is 334 g/mol. The third kappa shape index (κ3) is 5.60. The molecule has 2 aromatic heterocycles. The summed E-state index contributed by atoms with van der Waals surface area (Å²) in [6, 6.07) is 4.12. The molecule has 128 valence electrons. The molecule has 0 N–H and O–H groups in total. The van der Waals surface area contributed by atoms with Gasteiger partial charge in [-0.3, -0.25) is 0 Å². The van der Waals surface area contributed by atoms with E-state index >= 15 is 0 Å². The van der Waals surface area contributed by atoms with Crippen LogP contribution in [0.2, 0.25) is 0 Å². The van der Waals surface area contributed by atoms with Gasteiger partial charge in [-0.05, 0) is 25.5 Å². The first-order chi connectivity index (χ1) is 11.2. The molecule has 23 heavy (non-hydrogen) atoms. The highest BCUT2D eigenvalue weighted by atomic mass is 35.5. The van der Waals surface area contributed by atoms with Gasteiger partial charge in [-0.1, -0.05) is 19.8 Å². The number of rotatable bonds is 6. The van der Waals surface area contributed by atoms with Gasteiger partial charge in [-0.2, -0.15) is 0 Å². The summed E-state index contributed by atoms with van der Waals surface area (Å²) in [4.78, 5) is 6.40. The van der Waals surface area contributed by atoms with Gasteiger partial charge in [0.05, 0.1) is 30.7 Å². The zero-order valence-corrected chi connectivity index (χ0v) is 15.3. The molecule has 4 nitrogen and oxygen atoms in total. The molecule has 0 radical (unpaired) electrons. The second-order valence-corrected chi connectivity index (χ2v) is 6.95. The molecule has 0 aromatic carbocycles. The molecule has 1 aliphatic heterocycles. The van der Waals surface area contributed by atoms with E-state index in [4.69, 9.17) is 25.5 Å². The van der Waals surface area contributed by atoms with Crippen molar-refractivity contribution in [2.24, 2.45) is 0 Å². The number of ether oxygens (including phenoxy) is 2. The van der Waals surface area contributed by atoms with Gasteiger partial charge >= 0.3 is 0 Å².